The van der Waals surface area contributed by atoms with Crippen molar-refractivity contribution in [2.24, 2.45) is 0 Å². The van der Waals surface area contributed by atoms with E-state index in [9.17, 15) is 14.0 Å². The van der Waals surface area contributed by atoms with Crippen molar-refractivity contribution in [1.82, 2.24) is 15.5 Å². The van der Waals surface area contributed by atoms with Crippen LogP contribution in [0, 0.1) is 5.82 Å². The van der Waals surface area contributed by atoms with E-state index in [0.29, 0.717) is 25.3 Å². The highest BCUT2D eigenvalue weighted by molar-refractivity contribution is 5.98. The number of hydrogen-bond acceptors (Lipinski definition) is 3. The van der Waals surface area contributed by atoms with Gasteiger partial charge in [0.2, 0.25) is 0 Å². The van der Waals surface area contributed by atoms with Gasteiger partial charge >= 0.3 is 6.03 Å². The molecule has 0 saturated carbocycles. The van der Waals surface area contributed by atoms with Crippen LogP contribution in [0.1, 0.15) is 30.1 Å². The van der Waals surface area contributed by atoms with Crippen molar-refractivity contribution in [2.75, 3.05) is 37.6 Å². The van der Waals surface area contributed by atoms with Gasteiger partial charge in [0.25, 0.3) is 5.91 Å². The Morgan fingerprint density at radius 2 is 2.25 bits per heavy atom. The SMILES string of the molecule is CCCN(C(=O)c1cc(N2CCNC2=O)ccc1F)C1CCNC1. The molecule has 0 radical (unpaired) electrons. The number of nitrogens with zero attached hydrogens (tertiary/aromatic N) is 2. The second-order valence-corrected chi connectivity index (χ2v) is 6.19. The van der Waals surface area contributed by atoms with Crippen LogP contribution in [0.5, 0.6) is 0 Å². The van der Waals surface area contributed by atoms with Crippen LogP contribution in [0.25, 0.3) is 0 Å². The Balaban J connectivity index is 1.88. The number of halogens is 1. The first-order chi connectivity index (χ1) is 11.6. The molecule has 2 aliphatic rings. The molecule has 3 rings (SSSR count). The molecule has 3 amide bonds. The smallest absolute Gasteiger partial charge is 0.321 e. The van der Waals surface area contributed by atoms with Crippen LogP contribution in [0.4, 0.5) is 14.9 Å². The van der Waals surface area contributed by atoms with Gasteiger partial charge in [-0.1, -0.05) is 6.92 Å². The van der Waals surface area contributed by atoms with Gasteiger partial charge in [-0.2, -0.15) is 0 Å². The normalized spacial score (nSPS) is 20.3. The maximum atomic E-state index is 14.3. The van der Waals surface area contributed by atoms with E-state index in [1.165, 1.54) is 23.1 Å². The highest BCUT2D eigenvalue weighted by Crippen LogP contribution is 2.23. The third-order valence-corrected chi connectivity index (χ3v) is 4.55. The van der Waals surface area contributed by atoms with Crippen molar-refractivity contribution in [3.8, 4) is 0 Å². The topological polar surface area (TPSA) is 64.7 Å². The number of carbonyl (C=O) groups is 2. The molecule has 2 saturated heterocycles. The summed E-state index contributed by atoms with van der Waals surface area (Å²) >= 11 is 0. The number of amides is 3. The molecule has 24 heavy (non-hydrogen) atoms. The third kappa shape index (κ3) is 3.21. The van der Waals surface area contributed by atoms with Gasteiger partial charge in [0.15, 0.2) is 0 Å². The van der Waals surface area contributed by atoms with Crippen LogP contribution in [0.2, 0.25) is 0 Å². The minimum atomic E-state index is -0.546. The lowest BCUT2D eigenvalue weighted by atomic mass is 10.1. The number of anilines is 1. The van der Waals surface area contributed by atoms with Crippen LogP contribution in [0.3, 0.4) is 0 Å². The first-order valence-electron chi connectivity index (χ1n) is 8.48. The van der Waals surface area contributed by atoms with E-state index in [1.54, 1.807) is 4.90 Å². The Hall–Kier alpha value is -2.15. The molecule has 0 bridgehead atoms. The van der Waals surface area contributed by atoms with Gasteiger partial charge < -0.3 is 15.5 Å². The molecule has 0 aliphatic carbocycles. The average molecular weight is 334 g/mol. The Morgan fingerprint density at radius 1 is 1.42 bits per heavy atom. The van der Waals surface area contributed by atoms with E-state index in [0.717, 1.165) is 25.9 Å². The average Bonchev–Trinajstić information content (AvgIpc) is 3.24. The Morgan fingerprint density at radius 3 is 2.88 bits per heavy atom. The Bertz CT molecular complexity index is 631. The summed E-state index contributed by atoms with van der Waals surface area (Å²) in [6.07, 6.45) is 1.69. The third-order valence-electron chi connectivity index (χ3n) is 4.55. The van der Waals surface area contributed by atoms with Gasteiger partial charge in [0, 0.05) is 37.9 Å². The fourth-order valence-corrected chi connectivity index (χ4v) is 3.31. The van der Waals surface area contributed by atoms with Crippen LogP contribution in [-0.2, 0) is 0 Å². The standard InChI is InChI=1S/C17H23FN4O2/c1-2-8-21(13-5-6-19-11-13)16(23)14-10-12(3-4-15(14)18)22-9-7-20-17(22)24/h3-4,10,13,19H,2,5-9,11H2,1H3,(H,20,24). The summed E-state index contributed by atoms with van der Waals surface area (Å²) in [5.74, 6) is -0.847. The van der Waals surface area contributed by atoms with Gasteiger partial charge in [0.1, 0.15) is 5.82 Å². The molecule has 2 aliphatic heterocycles. The van der Waals surface area contributed by atoms with Crippen molar-refractivity contribution in [3.63, 3.8) is 0 Å². The van der Waals surface area contributed by atoms with E-state index in [2.05, 4.69) is 10.6 Å². The summed E-state index contributed by atoms with van der Waals surface area (Å²) in [5, 5.41) is 5.95. The van der Waals surface area contributed by atoms with Crippen LogP contribution in [-0.4, -0.2) is 55.6 Å². The van der Waals surface area contributed by atoms with Gasteiger partial charge in [-0.25, -0.2) is 9.18 Å². The molecule has 7 heteroatoms. The molecule has 1 aromatic rings. The first kappa shape index (κ1) is 16.7. The molecule has 1 unspecified atom stereocenters. The molecule has 2 N–H and O–H groups in total. The maximum absolute atomic E-state index is 14.3. The van der Waals surface area contributed by atoms with Gasteiger partial charge in [-0.15, -0.1) is 0 Å². The fraction of sp³-hybridized carbons (Fsp3) is 0.529. The highest BCUT2D eigenvalue weighted by atomic mass is 19.1. The highest BCUT2D eigenvalue weighted by Gasteiger charge is 2.29. The zero-order valence-electron chi connectivity index (χ0n) is 13.8. The molecule has 2 fully saturated rings. The predicted molar refractivity (Wildman–Crippen MR) is 89.7 cm³/mol. The number of carbonyl (C=O) groups excluding carboxylic acids is 2. The number of benzene rings is 1. The summed E-state index contributed by atoms with van der Waals surface area (Å²) in [7, 11) is 0. The minimum absolute atomic E-state index is 0.0348. The van der Waals surface area contributed by atoms with E-state index < -0.39 is 5.82 Å². The molecular formula is C17H23FN4O2. The second kappa shape index (κ2) is 7.17. The molecular weight excluding hydrogens is 311 g/mol. The second-order valence-electron chi connectivity index (χ2n) is 6.19. The molecule has 0 aromatic heterocycles. The molecule has 130 valence electrons. The number of hydrogen-bond donors (Lipinski definition) is 2. The van der Waals surface area contributed by atoms with Crippen molar-refractivity contribution < 1.29 is 14.0 Å². The van der Waals surface area contributed by atoms with E-state index in [-0.39, 0.29) is 23.5 Å². The number of urea groups is 1. The van der Waals surface area contributed by atoms with E-state index >= 15 is 0 Å². The summed E-state index contributed by atoms with van der Waals surface area (Å²) < 4.78 is 14.3. The zero-order chi connectivity index (χ0) is 17.1. The van der Waals surface area contributed by atoms with E-state index in [4.69, 9.17) is 0 Å². The lowest BCUT2D eigenvalue weighted by Crippen LogP contribution is -2.42. The van der Waals surface area contributed by atoms with Crippen molar-refractivity contribution in [1.29, 1.82) is 0 Å². The minimum Gasteiger partial charge on any atom is -0.336 e. The van der Waals surface area contributed by atoms with Crippen molar-refractivity contribution >= 4 is 17.6 Å². The largest absolute Gasteiger partial charge is 0.336 e. The lowest BCUT2D eigenvalue weighted by Gasteiger charge is -2.29. The van der Waals surface area contributed by atoms with Gasteiger partial charge in [-0.05, 0) is 37.6 Å². The number of rotatable bonds is 5. The van der Waals surface area contributed by atoms with Gasteiger partial charge in [-0.3, -0.25) is 9.69 Å². The predicted octanol–water partition coefficient (Wildman–Crippen LogP) is 1.57. The molecule has 6 nitrogen and oxygen atoms in total. The molecule has 1 atom stereocenters. The Kier molecular flexibility index (Phi) is 4.99. The zero-order valence-corrected chi connectivity index (χ0v) is 13.8. The van der Waals surface area contributed by atoms with Gasteiger partial charge in [0.05, 0.1) is 5.56 Å². The monoisotopic (exact) mass is 334 g/mol. The summed E-state index contributed by atoms with van der Waals surface area (Å²) in [6.45, 7) is 5.28. The number of nitrogens with one attached hydrogen (secondary N) is 2. The Labute approximate surface area is 141 Å². The van der Waals surface area contributed by atoms with Crippen molar-refractivity contribution in [2.45, 2.75) is 25.8 Å². The summed E-state index contributed by atoms with van der Waals surface area (Å²) in [4.78, 5) is 28.0. The van der Waals surface area contributed by atoms with E-state index in [1.807, 2.05) is 6.92 Å². The van der Waals surface area contributed by atoms with Crippen molar-refractivity contribution in [3.05, 3.63) is 29.6 Å². The van der Waals surface area contributed by atoms with Crippen LogP contribution < -0.4 is 15.5 Å². The summed E-state index contributed by atoms with van der Waals surface area (Å²) in [5.41, 5.74) is 0.586. The molecule has 1 aromatic carbocycles. The maximum Gasteiger partial charge on any atom is 0.321 e. The summed E-state index contributed by atoms with van der Waals surface area (Å²) in [6, 6.07) is 4.18. The first-order valence-corrected chi connectivity index (χ1v) is 8.48. The van der Waals surface area contributed by atoms with Crippen LogP contribution in [0.15, 0.2) is 18.2 Å². The molecule has 0 spiro atoms. The fourth-order valence-electron chi connectivity index (χ4n) is 3.31. The lowest BCUT2D eigenvalue weighted by molar-refractivity contribution is 0.0687. The quantitative estimate of drug-likeness (QED) is 0.859. The van der Waals surface area contributed by atoms with Crippen LogP contribution >= 0.6 is 0 Å². The molecule has 2 heterocycles.